The molecule has 2 saturated heterocycles. The molecule has 29 heavy (non-hydrogen) atoms. The lowest BCUT2D eigenvalue weighted by Crippen LogP contribution is -2.30. The summed E-state index contributed by atoms with van der Waals surface area (Å²) >= 11 is 6.27. The largest absolute Gasteiger partial charge is 0.396 e. The van der Waals surface area contributed by atoms with Gasteiger partial charge >= 0.3 is 0 Å². The monoisotopic (exact) mass is 422 g/mol. The van der Waals surface area contributed by atoms with E-state index in [1.807, 2.05) is 30.7 Å². The lowest BCUT2D eigenvalue weighted by atomic mass is 10.1. The predicted molar refractivity (Wildman–Crippen MR) is 108 cm³/mol. The lowest BCUT2D eigenvalue weighted by molar-refractivity contribution is -0.197. The maximum atomic E-state index is 9.44. The highest BCUT2D eigenvalue weighted by molar-refractivity contribution is 6.28. The van der Waals surface area contributed by atoms with Crippen LogP contribution >= 0.6 is 11.6 Å². The molecule has 2 aromatic heterocycles. The van der Waals surface area contributed by atoms with E-state index in [0.717, 1.165) is 24.0 Å². The highest BCUT2D eigenvalue weighted by atomic mass is 35.5. The Labute approximate surface area is 174 Å². The number of hydrogen-bond acceptors (Lipinski definition) is 7. The van der Waals surface area contributed by atoms with Crippen molar-refractivity contribution >= 4 is 28.5 Å². The molecule has 0 unspecified atom stereocenters. The van der Waals surface area contributed by atoms with E-state index in [2.05, 4.69) is 15.3 Å². The number of anilines is 1. The second-order valence-electron chi connectivity index (χ2n) is 8.57. The highest BCUT2D eigenvalue weighted by Gasteiger charge is 2.55. The maximum Gasteiger partial charge on any atom is 0.226 e. The number of rotatable bonds is 5. The van der Waals surface area contributed by atoms with Gasteiger partial charge in [0.2, 0.25) is 5.28 Å². The molecule has 2 aliphatic heterocycles. The number of aromatic nitrogens is 3. The van der Waals surface area contributed by atoms with Crippen molar-refractivity contribution in [1.29, 1.82) is 0 Å². The van der Waals surface area contributed by atoms with Crippen LogP contribution in [-0.2, 0) is 14.2 Å². The Hall–Kier alpha value is -1.45. The van der Waals surface area contributed by atoms with Gasteiger partial charge < -0.3 is 29.2 Å². The van der Waals surface area contributed by atoms with E-state index in [9.17, 15) is 5.11 Å². The van der Waals surface area contributed by atoms with Gasteiger partial charge in [-0.25, -0.2) is 4.98 Å². The number of nitrogens with zero attached hydrogens (tertiary/aromatic N) is 3. The summed E-state index contributed by atoms with van der Waals surface area (Å²) in [6.45, 7) is 3.82. The van der Waals surface area contributed by atoms with Crippen LogP contribution in [0.15, 0.2) is 12.3 Å². The smallest absolute Gasteiger partial charge is 0.226 e. The Morgan fingerprint density at radius 3 is 2.76 bits per heavy atom. The molecule has 2 N–H and O–H groups in total. The Balaban J connectivity index is 1.50. The molecule has 4 heterocycles. The topological polar surface area (TPSA) is 90.7 Å². The molecule has 1 aliphatic carbocycles. The normalized spacial score (nSPS) is 31.6. The number of halogens is 1. The second-order valence-corrected chi connectivity index (χ2v) is 8.91. The van der Waals surface area contributed by atoms with Crippen molar-refractivity contribution in [3.63, 3.8) is 0 Å². The van der Waals surface area contributed by atoms with Crippen LogP contribution in [0.2, 0.25) is 5.28 Å². The summed E-state index contributed by atoms with van der Waals surface area (Å²) in [5, 5.41) is 14.1. The zero-order valence-electron chi connectivity index (χ0n) is 16.7. The Morgan fingerprint density at radius 1 is 1.24 bits per heavy atom. The predicted octanol–water partition coefficient (Wildman–Crippen LogP) is 3.24. The fraction of sp³-hybridized carbons (Fsp3) is 0.700. The summed E-state index contributed by atoms with van der Waals surface area (Å²) < 4.78 is 20.4. The quantitative estimate of drug-likeness (QED) is 0.714. The van der Waals surface area contributed by atoms with Crippen LogP contribution in [0.25, 0.3) is 11.0 Å². The van der Waals surface area contributed by atoms with Gasteiger partial charge in [0, 0.05) is 18.8 Å². The first-order chi connectivity index (χ1) is 13.9. The van der Waals surface area contributed by atoms with Crippen molar-refractivity contribution in [3.8, 4) is 0 Å². The minimum atomic E-state index is -0.699. The van der Waals surface area contributed by atoms with Gasteiger partial charge in [-0.15, -0.1) is 0 Å². The molecule has 9 heteroatoms. The molecule has 0 spiro atoms. The molecule has 4 atom stereocenters. The van der Waals surface area contributed by atoms with Crippen molar-refractivity contribution in [2.24, 2.45) is 0 Å². The zero-order valence-corrected chi connectivity index (χ0v) is 17.4. The van der Waals surface area contributed by atoms with E-state index in [4.69, 9.17) is 25.8 Å². The fourth-order valence-corrected chi connectivity index (χ4v) is 4.99. The highest BCUT2D eigenvalue weighted by Crippen LogP contribution is 2.45. The van der Waals surface area contributed by atoms with Crippen molar-refractivity contribution in [2.75, 3.05) is 11.9 Å². The van der Waals surface area contributed by atoms with E-state index in [1.54, 1.807) is 0 Å². The minimum Gasteiger partial charge on any atom is -0.396 e. The van der Waals surface area contributed by atoms with E-state index in [1.165, 1.54) is 12.8 Å². The number of hydrogen-bond donors (Lipinski definition) is 2. The molecule has 3 fully saturated rings. The van der Waals surface area contributed by atoms with Gasteiger partial charge in [-0.2, -0.15) is 4.98 Å². The van der Waals surface area contributed by atoms with E-state index in [-0.39, 0.29) is 30.2 Å². The molecule has 3 aliphatic rings. The SMILES string of the molecule is CC1(C)O[C@@H]2[C@H](O1)[C@@H](CCO)O[C@H]2n1ccc2c(NC3CCCC3)nc(Cl)nc21. The number of aliphatic hydroxyl groups is 1. The molecular weight excluding hydrogens is 396 g/mol. The maximum absolute atomic E-state index is 9.44. The Kier molecular flexibility index (Phi) is 4.95. The summed E-state index contributed by atoms with van der Waals surface area (Å²) in [4.78, 5) is 8.93. The van der Waals surface area contributed by atoms with Gasteiger partial charge in [0.1, 0.15) is 23.7 Å². The summed E-state index contributed by atoms with van der Waals surface area (Å²) in [6.07, 6.45) is 5.98. The third kappa shape index (κ3) is 3.51. The number of ether oxygens (including phenoxy) is 3. The van der Waals surface area contributed by atoms with E-state index in [0.29, 0.717) is 18.1 Å². The molecule has 0 bridgehead atoms. The van der Waals surface area contributed by atoms with Gasteiger partial charge in [0.15, 0.2) is 12.0 Å². The standard InChI is InChI=1S/C20H27ClN4O4/c1-20(2)28-14-13(8-10-26)27-18(15(14)29-20)25-9-7-12-16(22-11-5-3-4-6-11)23-19(21)24-17(12)25/h7,9,11,13-15,18,26H,3-6,8,10H2,1-2H3,(H,22,23,24)/t13-,14-,15-,18-/m1/s1. The molecule has 5 rings (SSSR count). The first kappa shape index (κ1) is 19.5. The van der Waals surface area contributed by atoms with Gasteiger partial charge in [0.25, 0.3) is 0 Å². The molecular formula is C20H27ClN4O4. The average molecular weight is 423 g/mol. The van der Waals surface area contributed by atoms with Crippen molar-refractivity contribution in [3.05, 3.63) is 17.5 Å². The van der Waals surface area contributed by atoms with Crippen LogP contribution in [0.1, 0.15) is 52.2 Å². The molecule has 0 radical (unpaired) electrons. The van der Waals surface area contributed by atoms with Crippen molar-refractivity contribution in [1.82, 2.24) is 14.5 Å². The first-order valence-electron chi connectivity index (χ1n) is 10.4. The Bertz CT molecular complexity index is 898. The molecule has 0 aromatic carbocycles. The van der Waals surface area contributed by atoms with Gasteiger partial charge in [-0.05, 0) is 50.8 Å². The summed E-state index contributed by atoms with van der Waals surface area (Å²) in [6, 6.07) is 2.41. The van der Waals surface area contributed by atoms with Crippen LogP contribution in [0.3, 0.4) is 0 Å². The second kappa shape index (κ2) is 7.35. The van der Waals surface area contributed by atoms with Crippen LogP contribution in [-0.4, -0.2) is 56.4 Å². The fourth-order valence-electron chi connectivity index (χ4n) is 4.83. The average Bonchev–Trinajstić information content (AvgIpc) is 3.41. The van der Waals surface area contributed by atoms with Crippen molar-refractivity contribution in [2.45, 2.75) is 82.3 Å². The summed E-state index contributed by atoms with van der Waals surface area (Å²) in [5.41, 5.74) is 0.701. The summed E-state index contributed by atoms with van der Waals surface area (Å²) in [5.74, 6) is 0.0616. The number of fused-ring (bicyclic) bond motifs is 2. The Morgan fingerprint density at radius 2 is 2.00 bits per heavy atom. The van der Waals surface area contributed by atoms with Gasteiger partial charge in [-0.1, -0.05) is 12.8 Å². The van der Waals surface area contributed by atoms with Crippen LogP contribution < -0.4 is 5.32 Å². The molecule has 0 amide bonds. The molecule has 8 nitrogen and oxygen atoms in total. The third-order valence-electron chi connectivity index (χ3n) is 6.05. The zero-order chi connectivity index (χ0) is 20.2. The van der Waals surface area contributed by atoms with E-state index >= 15 is 0 Å². The van der Waals surface area contributed by atoms with Crippen LogP contribution in [0.5, 0.6) is 0 Å². The van der Waals surface area contributed by atoms with E-state index < -0.39 is 12.0 Å². The number of aliphatic hydroxyl groups excluding tert-OH is 1. The minimum absolute atomic E-state index is 0.0281. The molecule has 2 aromatic rings. The van der Waals surface area contributed by atoms with Gasteiger partial charge in [0.05, 0.1) is 11.5 Å². The third-order valence-corrected chi connectivity index (χ3v) is 6.22. The first-order valence-corrected chi connectivity index (χ1v) is 10.8. The lowest BCUT2D eigenvalue weighted by Gasteiger charge is -2.25. The molecule has 1 saturated carbocycles. The summed E-state index contributed by atoms with van der Waals surface area (Å²) in [7, 11) is 0. The van der Waals surface area contributed by atoms with Crippen LogP contribution in [0, 0.1) is 0 Å². The van der Waals surface area contributed by atoms with Crippen LogP contribution in [0.4, 0.5) is 5.82 Å². The van der Waals surface area contributed by atoms with Gasteiger partial charge in [-0.3, -0.25) is 0 Å². The molecule has 158 valence electrons. The van der Waals surface area contributed by atoms with Crippen molar-refractivity contribution < 1.29 is 19.3 Å². The number of nitrogens with one attached hydrogen (secondary N) is 1.